The van der Waals surface area contributed by atoms with Crippen molar-refractivity contribution in [2.75, 3.05) is 25.2 Å². The SMILES string of the molecule is CCS(=O)(=O)c1ccc(NC(=O)N(C)C)nc1-c1nc2cc(C(F)(F)F)nnc2n1C. The second kappa shape index (κ2) is 7.76. The number of aromatic nitrogens is 5. The van der Waals surface area contributed by atoms with Crippen molar-refractivity contribution in [3.63, 3.8) is 0 Å². The number of aryl methyl sites for hydroxylation is 1. The summed E-state index contributed by atoms with van der Waals surface area (Å²) in [5, 5.41) is 9.25. The summed E-state index contributed by atoms with van der Waals surface area (Å²) in [5.41, 5.74) is -1.49. The molecule has 0 aliphatic rings. The maximum Gasteiger partial charge on any atom is 0.435 e. The van der Waals surface area contributed by atoms with Gasteiger partial charge >= 0.3 is 12.2 Å². The van der Waals surface area contributed by atoms with Gasteiger partial charge in [0, 0.05) is 27.2 Å². The van der Waals surface area contributed by atoms with Crippen molar-refractivity contribution < 1.29 is 26.4 Å². The van der Waals surface area contributed by atoms with Gasteiger partial charge in [0.1, 0.15) is 17.0 Å². The Labute approximate surface area is 175 Å². The molecule has 3 rings (SSSR count). The highest BCUT2D eigenvalue weighted by atomic mass is 32.2. The number of anilines is 1. The van der Waals surface area contributed by atoms with Crippen LogP contribution >= 0.6 is 0 Å². The van der Waals surface area contributed by atoms with Crippen molar-refractivity contribution in [3.8, 4) is 11.5 Å². The van der Waals surface area contributed by atoms with Crippen LogP contribution in [-0.2, 0) is 23.1 Å². The third-order valence-corrected chi connectivity index (χ3v) is 6.09. The molecule has 3 heterocycles. The lowest BCUT2D eigenvalue weighted by Gasteiger charge is -2.14. The number of nitrogens with one attached hydrogen (secondary N) is 1. The maximum absolute atomic E-state index is 13.0. The van der Waals surface area contributed by atoms with Crippen molar-refractivity contribution in [1.29, 1.82) is 0 Å². The number of halogens is 3. The molecule has 0 bridgehead atoms. The molecule has 0 aromatic carbocycles. The summed E-state index contributed by atoms with van der Waals surface area (Å²) in [6, 6.07) is 2.79. The monoisotopic (exact) mass is 457 g/mol. The van der Waals surface area contributed by atoms with Gasteiger partial charge in [-0.05, 0) is 12.1 Å². The van der Waals surface area contributed by atoms with E-state index < -0.39 is 27.7 Å². The zero-order valence-electron chi connectivity index (χ0n) is 16.9. The molecule has 166 valence electrons. The van der Waals surface area contributed by atoms with E-state index in [2.05, 4.69) is 25.5 Å². The van der Waals surface area contributed by atoms with Crippen molar-refractivity contribution in [2.45, 2.75) is 18.0 Å². The first kappa shape index (κ1) is 22.4. The largest absolute Gasteiger partial charge is 0.435 e. The Morgan fingerprint density at radius 1 is 1.19 bits per heavy atom. The third-order valence-electron chi connectivity index (χ3n) is 4.33. The molecule has 0 spiro atoms. The molecule has 0 atom stereocenters. The molecule has 0 aliphatic heterocycles. The maximum atomic E-state index is 13.0. The number of hydrogen-bond donors (Lipinski definition) is 1. The third kappa shape index (κ3) is 4.28. The number of nitrogens with zero attached hydrogens (tertiary/aromatic N) is 6. The molecular formula is C17H18F3N7O3S. The van der Waals surface area contributed by atoms with Crippen molar-refractivity contribution in [1.82, 2.24) is 29.6 Å². The van der Waals surface area contributed by atoms with Crippen LogP contribution in [0.2, 0.25) is 0 Å². The highest BCUT2D eigenvalue weighted by Crippen LogP contribution is 2.32. The number of hydrogen-bond acceptors (Lipinski definition) is 7. The molecular weight excluding hydrogens is 439 g/mol. The van der Waals surface area contributed by atoms with Crippen LogP contribution in [0, 0.1) is 0 Å². The summed E-state index contributed by atoms with van der Waals surface area (Å²) in [4.78, 5) is 21.4. The highest BCUT2D eigenvalue weighted by molar-refractivity contribution is 7.91. The van der Waals surface area contributed by atoms with Crippen LogP contribution in [0.5, 0.6) is 0 Å². The quantitative estimate of drug-likeness (QED) is 0.638. The number of rotatable bonds is 4. The molecule has 1 N–H and O–H groups in total. The van der Waals surface area contributed by atoms with E-state index >= 15 is 0 Å². The first-order valence-corrected chi connectivity index (χ1v) is 10.5. The van der Waals surface area contributed by atoms with E-state index in [1.54, 1.807) is 0 Å². The fraction of sp³-hybridized carbons (Fsp3) is 0.353. The van der Waals surface area contributed by atoms with Crippen LogP contribution in [0.4, 0.5) is 23.8 Å². The predicted octanol–water partition coefficient (Wildman–Crippen LogP) is 2.33. The molecule has 0 unspecified atom stereocenters. The summed E-state index contributed by atoms with van der Waals surface area (Å²) in [7, 11) is 0.684. The van der Waals surface area contributed by atoms with Crippen LogP contribution in [0.1, 0.15) is 12.6 Å². The van der Waals surface area contributed by atoms with Gasteiger partial charge in [-0.3, -0.25) is 5.32 Å². The minimum absolute atomic E-state index is 0.00683. The Morgan fingerprint density at radius 3 is 2.45 bits per heavy atom. The molecule has 3 aromatic rings. The molecule has 0 saturated heterocycles. The zero-order valence-corrected chi connectivity index (χ0v) is 17.7. The van der Waals surface area contributed by atoms with Gasteiger partial charge in [0.2, 0.25) is 0 Å². The predicted molar refractivity (Wildman–Crippen MR) is 105 cm³/mol. The van der Waals surface area contributed by atoms with Gasteiger partial charge < -0.3 is 9.47 Å². The van der Waals surface area contributed by atoms with Crippen LogP contribution in [-0.4, -0.2) is 63.9 Å². The summed E-state index contributed by atoms with van der Waals surface area (Å²) in [6.45, 7) is 1.44. The van der Waals surface area contributed by atoms with Gasteiger partial charge in [0.05, 0.1) is 10.6 Å². The number of pyridine rings is 1. The Hall–Kier alpha value is -3.29. The van der Waals surface area contributed by atoms with Crippen LogP contribution < -0.4 is 5.32 Å². The molecule has 10 nitrogen and oxygen atoms in total. The number of sulfone groups is 1. The summed E-state index contributed by atoms with van der Waals surface area (Å²) < 4.78 is 65.4. The molecule has 2 amide bonds. The average molecular weight is 457 g/mol. The van der Waals surface area contributed by atoms with Crippen molar-refractivity contribution >= 4 is 32.9 Å². The second-order valence-corrected chi connectivity index (χ2v) is 8.95. The lowest BCUT2D eigenvalue weighted by atomic mass is 10.3. The number of imidazole rings is 1. The first-order chi connectivity index (χ1) is 14.3. The molecule has 3 aromatic heterocycles. The van der Waals surface area contributed by atoms with E-state index in [1.807, 2.05) is 0 Å². The molecule has 14 heteroatoms. The van der Waals surface area contributed by atoms with E-state index in [9.17, 15) is 26.4 Å². The standard InChI is InChI=1S/C17H18F3N7O3S/c1-5-31(29,30)10-6-7-12(23-16(28)26(2)3)22-13(10)15-21-9-8-11(17(18,19)20)24-25-14(9)27(15)4/h6-8H,5H2,1-4H3,(H,22,23,28). The fourth-order valence-electron chi connectivity index (χ4n) is 2.64. The lowest BCUT2D eigenvalue weighted by Crippen LogP contribution is -2.27. The molecule has 0 fully saturated rings. The van der Waals surface area contributed by atoms with Gasteiger partial charge in [0.25, 0.3) is 0 Å². The van der Waals surface area contributed by atoms with Gasteiger partial charge in [-0.1, -0.05) is 6.92 Å². The van der Waals surface area contributed by atoms with E-state index in [-0.39, 0.29) is 39.1 Å². The first-order valence-electron chi connectivity index (χ1n) is 8.85. The van der Waals surface area contributed by atoms with E-state index in [0.29, 0.717) is 0 Å². The number of fused-ring (bicyclic) bond motifs is 1. The summed E-state index contributed by atoms with van der Waals surface area (Å²) in [6.07, 6.45) is -4.72. The van der Waals surface area contributed by atoms with Gasteiger partial charge in [-0.15, -0.1) is 10.2 Å². The Balaban J connectivity index is 2.24. The Kier molecular flexibility index (Phi) is 5.60. The van der Waals surface area contributed by atoms with Crippen molar-refractivity contribution in [2.24, 2.45) is 7.05 Å². The summed E-state index contributed by atoms with van der Waals surface area (Å²) in [5.74, 6) is -0.248. The van der Waals surface area contributed by atoms with Crippen molar-refractivity contribution in [3.05, 3.63) is 23.9 Å². The molecule has 31 heavy (non-hydrogen) atoms. The minimum Gasteiger partial charge on any atom is -0.331 e. The van der Waals surface area contributed by atoms with Gasteiger partial charge in [-0.2, -0.15) is 13.2 Å². The van der Waals surface area contributed by atoms with Crippen LogP contribution in [0.25, 0.3) is 22.7 Å². The average Bonchev–Trinajstić information content (AvgIpc) is 3.03. The number of alkyl halides is 3. The molecule has 0 aliphatic carbocycles. The van der Waals surface area contributed by atoms with Crippen LogP contribution in [0.3, 0.4) is 0 Å². The topological polar surface area (TPSA) is 123 Å². The highest BCUT2D eigenvalue weighted by Gasteiger charge is 2.34. The number of carbonyl (C=O) groups is 1. The molecule has 0 radical (unpaired) electrons. The lowest BCUT2D eigenvalue weighted by molar-refractivity contribution is -0.141. The van der Waals surface area contributed by atoms with Crippen LogP contribution in [0.15, 0.2) is 23.1 Å². The Morgan fingerprint density at radius 2 is 1.87 bits per heavy atom. The fourth-order valence-corrected chi connectivity index (χ4v) is 3.66. The Bertz CT molecular complexity index is 1270. The number of carbonyl (C=O) groups excluding carboxylic acids is 1. The second-order valence-electron chi connectivity index (χ2n) is 6.70. The summed E-state index contributed by atoms with van der Waals surface area (Å²) >= 11 is 0. The number of urea groups is 1. The van der Waals surface area contributed by atoms with Gasteiger partial charge in [0.15, 0.2) is 27.0 Å². The normalized spacial score (nSPS) is 12.2. The van der Waals surface area contributed by atoms with E-state index in [0.717, 1.165) is 6.07 Å². The van der Waals surface area contributed by atoms with E-state index in [1.165, 1.54) is 49.7 Å². The minimum atomic E-state index is -4.72. The number of amides is 2. The molecule has 0 saturated carbocycles. The van der Waals surface area contributed by atoms with Gasteiger partial charge in [-0.25, -0.2) is 23.2 Å². The van der Waals surface area contributed by atoms with E-state index in [4.69, 9.17) is 0 Å². The zero-order chi connectivity index (χ0) is 23.1. The smallest absolute Gasteiger partial charge is 0.331 e.